The molecule has 1 aliphatic rings. The fraction of sp³-hybridized carbons (Fsp3) is 0.625. The first kappa shape index (κ1) is 14.1. The molecule has 0 bridgehead atoms. The van der Waals surface area contributed by atoms with Crippen LogP contribution in [0.15, 0.2) is 28.7 Å². The van der Waals surface area contributed by atoms with Gasteiger partial charge in [-0.25, -0.2) is 0 Å². The van der Waals surface area contributed by atoms with Crippen LogP contribution < -0.4 is 0 Å². The fourth-order valence-electron chi connectivity index (χ4n) is 3.00. The van der Waals surface area contributed by atoms with Gasteiger partial charge in [-0.2, -0.15) is 0 Å². The maximum Gasteiger partial charge on any atom is 0.0233 e. The molecule has 0 heterocycles. The highest BCUT2D eigenvalue weighted by Gasteiger charge is 2.22. The summed E-state index contributed by atoms with van der Waals surface area (Å²) in [4.78, 5) is 2.54. The monoisotopic (exact) mass is 309 g/mol. The van der Waals surface area contributed by atoms with Gasteiger partial charge in [-0.3, -0.25) is 4.90 Å². The predicted molar refractivity (Wildman–Crippen MR) is 81.6 cm³/mol. The number of rotatable bonds is 4. The largest absolute Gasteiger partial charge is 0.299 e. The zero-order valence-electron chi connectivity index (χ0n) is 11.5. The highest BCUT2D eigenvalue weighted by molar-refractivity contribution is 9.10. The van der Waals surface area contributed by atoms with Crippen LogP contribution in [-0.4, -0.2) is 18.0 Å². The molecule has 0 atom stereocenters. The summed E-state index contributed by atoms with van der Waals surface area (Å²) in [5.74, 6) is 0.988. The summed E-state index contributed by atoms with van der Waals surface area (Å²) in [7, 11) is 2.28. The molecule has 0 amide bonds. The Morgan fingerprint density at radius 2 is 1.72 bits per heavy atom. The van der Waals surface area contributed by atoms with E-state index in [0.29, 0.717) is 0 Å². The van der Waals surface area contributed by atoms with E-state index in [9.17, 15) is 0 Å². The van der Waals surface area contributed by atoms with Gasteiger partial charge in [-0.05, 0) is 56.3 Å². The summed E-state index contributed by atoms with van der Waals surface area (Å²) in [5.41, 5.74) is 1.42. The van der Waals surface area contributed by atoms with Crippen molar-refractivity contribution in [3.05, 3.63) is 34.3 Å². The lowest BCUT2D eigenvalue weighted by Gasteiger charge is -2.34. The minimum absolute atomic E-state index is 0.788. The second-order valence-corrected chi connectivity index (χ2v) is 6.54. The number of nitrogens with zero attached hydrogens (tertiary/aromatic N) is 1. The third kappa shape index (κ3) is 3.83. The van der Waals surface area contributed by atoms with Crippen LogP contribution in [0.25, 0.3) is 0 Å². The third-order valence-electron chi connectivity index (χ3n) is 4.36. The van der Waals surface area contributed by atoms with Crippen LogP contribution in [0.1, 0.15) is 44.6 Å². The second kappa shape index (κ2) is 6.72. The zero-order valence-corrected chi connectivity index (χ0v) is 13.1. The predicted octanol–water partition coefficient (Wildman–Crippen LogP) is 4.85. The van der Waals surface area contributed by atoms with E-state index in [1.165, 1.54) is 37.7 Å². The lowest BCUT2D eigenvalue weighted by Crippen LogP contribution is -2.34. The zero-order chi connectivity index (χ0) is 13.0. The molecule has 1 aromatic carbocycles. The first-order valence-electron chi connectivity index (χ1n) is 7.13. The molecule has 0 N–H and O–H groups in total. The lowest BCUT2D eigenvalue weighted by molar-refractivity contribution is 0.157. The van der Waals surface area contributed by atoms with Gasteiger partial charge in [-0.15, -0.1) is 0 Å². The standard InChI is InChI=1S/C16H24BrN/c1-3-13-6-10-16(11-7-13)18(2)12-14-4-8-15(17)9-5-14/h4-5,8-9,13,16H,3,6-7,10-12H2,1-2H3. The third-order valence-corrected chi connectivity index (χ3v) is 4.89. The molecule has 1 saturated carbocycles. The van der Waals surface area contributed by atoms with Gasteiger partial charge in [-0.1, -0.05) is 41.4 Å². The molecule has 1 aliphatic carbocycles. The molecule has 0 saturated heterocycles. The Kier molecular flexibility index (Phi) is 5.25. The molecule has 0 radical (unpaired) electrons. The normalized spacial score (nSPS) is 24.4. The number of hydrogen-bond acceptors (Lipinski definition) is 1. The van der Waals surface area contributed by atoms with E-state index in [1.807, 2.05) is 0 Å². The van der Waals surface area contributed by atoms with Crippen molar-refractivity contribution in [1.29, 1.82) is 0 Å². The van der Waals surface area contributed by atoms with E-state index in [2.05, 4.69) is 59.1 Å². The lowest BCUT2D eigenvalue weighted by atomic mass is 9.84. The maximum absolute atomic E-state index is 3.49. The molecule has 0 unspecified atom stereocenters. The van der Waals surface area contributed by atoms with Gasteiger partial charge in [0.1, 0.15) is 0 Å². The Labute approximate surface area is 120 Å². The van der Waals surface area contributed by atoms with Gasteiger partial charge in [0.2, 0.25) is 0 Å². The summed E-state index contributed by atoms with van der Waals surface area (Å²) < 4.78 is 1.16. The summed E-state index contributed by atoms with van der Waals surface area (Å²) in [6, 6.07) is 9.50. The van der Waals surface area contributed by atoms with Crippen molar-refractivity contribution in [3.63, 3.8) is 0 Å². The average Bonchev–Trinajstić information content (AvgIpc) is 2.41. The first-order chi connectivity index (χ1) is 8.69. The molecule has 0 spiro atoms. The first-order valence-corrected chi connectivity index (χ1v) is 7.93. The van der Waals surface area contributed by atoms with E-state index in [-0.39, 0.29) is 0 Å². The van der Waals surface area contributed by atoms with E-state index < -0.39 is 0 Å². The van der Waals surface area contributed by atoms with Gasteiger partial charge in [0.15, 0.2) is 0 Å². The molecule has 100 valence electrons. The van der Waals surface area contributed by atoms with Gasteiger partial charge in [0.25, 0.3) is 0 Å². The van der Waals surface area contributed by atoms with E-state index in [1.54, 1.807) is 0 Å². The topological polar surface area (TPSA) is 3.24 Å². The Morgan fingerprint density at radius 1 is 1.11 bits per heavy atom. The molecule has 18 heavy (non-hydrogen) atoms. The van der Waals surface area contributed by atoms with E-state index in [4.69, 9.17) is 0 Å². The van der Waals surface area contributed by atoms with Crippen LogP contribution in [0.5, 0.6) is 0 Å². The van der Waals surface area contributed by atoms with Crippen molar-refractivity contribution in [2.24, 2.45) is 5.92 Å². The quantitative estimate of drug-likeness (QED) is 0.768. The van der Waals surface area contributed by atoms with Crippen molar-refractivity contribution >= 4 is 15.9 Å². The van der Waals surface area contributed by atoms with Crippen LogP contribution >= 0.6 is 15.9 Å². The van der Waals surface area contributed by atoms with Crippen molar-refractivity contribution in [2.45, 2.75) is 51.6 Å². The fourth-order valence-corrected chi connectivity index (χ4v) is 3.27. The van der Waals surface area contributed by atoms with Crippen molar-refractivity contribution in [1.82, 2.24) is 4.90 Å². The molecular weight excluding hydrogens is 286 g/mol. The van der Waals surface area contributed by atoms with Gasteiger partial charge in [0.05, 0.1) is 0 Å². The minimum atomic E-state index is 0.788. The molecular formula is C16H24BrN. The number of hydrogen-bond donors (Lipinski definition) is 0. The highest BCUT2D eigenvalue weighted by atomic mass is 79.9. The maximum atomic E-state index is 3.49. The van der Waals surface area contributed by atoms with Crippen molar-refractivity contribution < 1.29 is 0 Å². The average molecular weight is 310 g/mol. The second-order valence-electron chi connectivity index (χ2n) is 5.62. The summed E-state index contributed by atoms with van der Waals surface area (Å²) in [5, 5.41) is 0. The van der Waals surface area contributed by atoms with E-state index >= 15 is 0 Å². The number of benzene rings is 1. The molecule has 0 aliphatic heterocycles. The van der Waals surface area contributed by atoms with Crippen LogP contribution in [0.2, 0.25) is 0 Å². The molecule has 1 fully saturated rings. The molecule has 2 rings (SSSR count). The molecule has 0 aromatic heterocycles. The van der Waals surface area contributed by atoms with Crippen molar-refractivity contribution in [2.75, 3.05) is 7.05 Å². The van der Waals surface area contributed by atoms with Gasteiger partial charge < -0.3 is 0 Å². The van der Waals surface area contributed by atoms with E-state index in [0.717, 1.165) is 23.0 Å². The Hall–Kier alpha value is -0.340. The minimum Gasteiger partial charge on any atom is -0.299 e. The number of halogens is 1. The molecule has 2 heteroatoms. The van der Waals surface area contributed by atoms with Crippen molar-refractivity contribution in [3.8, 4) is 0 Å². The SMILES string of the molecule is CCC1CCC(N(C)Cc2ccc(Br)cc2)CC1. The summed E-state index contributed by atoms with van der Waals surface area (Å²) >= 11 is 3.49. The summed E-state index contributed by atoms with van der Waals surface area (Å²) in [6.07, 6.45) is 6.97. The van der Waals surface area contributed by atoms with Gasteiger partial charge in [0, 0.05) is 17.1 Å². The van der Waals surface area contributed by atoms with Crippen LogP contribution in [0, 0.1) is 5.92 Å². The Balaban J connectivity index is 1.85. The molecule has 1 nitrogen and oxygen atoms in total. The Bertz CT molecular complexity index is 352. The molecule has 1 aromatic rings. The smallest absolute Gasteiger partial charge is 0.0233 e. The Morgan fingerprint density at radius 3 is 2.28 bits per heavy atom. The van der Waals surface area contributed by atoms with Crippen LogP contribution in [-0.2, 0) is 6.54 Å². The van der Waals surface area contributed by atoms with Crippen LogP contribution in [0.3, 0.4) is 0 Å². The van der Waals surface area contributed by atoms with Gasteiger partial charge >= 0.3 is 0 Å². The highest BCUT2D eigenvalue weighted by Crippen LogP contribution is 2.29. The van der Waals surface area contributed by atoms with Crippen LogP contribution in [0.4, 0.5) is 0 Å². The summed E-state index contributed by atoms with van der Waals surface area (Å²) in [6.45, 7) is 3.41.